The van der Waals surface area contributed by atoms with Crippen LogP contribution in [-0.4, -0.2) is 30.1 Å². The van der Waals surface area contributed by atoms with Crippen LogP contribution in [0.5, 0.6) is 0 Å². The second kappa shape index (κ2) is 1.95. The summed E-state index contributed by atoms with van der Waals surface area (Å²) < 4.78 is 0. The maximum atomic E-state index is 6.04. The zero-order valence-electron chi connectivity index (χ0n) is 6.64. The van der Waals surface area contributed by atoms with E-state index in [2.05, 4.69) is 11.8 Å². The third-order valence-corrected chi connectivity index (χ3v) is 3.04. The highest BCUT2D eigenvalue weighted by atomic mass is 15.2. The van der Waals surface area contributed by atoms with E-state index in [1.807, 2.05) is 0 Å². The average Bonchev–Trinajstić information content (AvgIpc) is 2.46. The van der Waals surface area contributed by atoms with E-state index in [0.29, 0.717) is 0 Å². The Bertz CT molecular complexity index is 134. The molecule has 1 saturated carbocycles. The molecule has 0 amide bonds. The van der Waals surface area contributed by atoms with Crippen molar-refractivity contribution >= 4 is 0 Å². The quantitative estimate of drug-likeness (QED) is 0.602. The van der Waals surface area contributed by atoms with Crippen LogP contribution >= 0.6 is 0 Å². The largest absolute Gasteiger partial charge is 0.325 e. The number of likely N-dealkylation sites (tertiary alicyclic amines) is 1. The second-order valence-electron chi connectivity index (χ2n) is 3.78. The molecular weight excluding hydrogens is 124 g/mol. The molecule has 2 aliphatic rings. The van der Waals surface area contributed by atoms with Crippen LogP contribution < -0.4 is 5.73 Å². The number of hydrogen-bond donors (Lipinski definition) is 1. The van der Waals surface area contributed by atoms with E-state index >= 15 is 0 Å². The van der Waals surface area contributed by atoms with Gasteiger partial charge in [0.25, 0.3) is 0 Å². The number of hydrogen-bond acceptors (Lipinski definition) is 2. The van der Waals surface area contributed by atoms with Gasteiger partial charge in [0.15, 0.2) is 0 Å². The van der Waals surface area contributed by atoms with Gasteiger partial charge < -0.3 is 10.6 Å². The molecular formula is C8H16N2. The highest BCUT2D eigenvalue weighted by Gasteiger charge is 2.49. The molecule has 2 fully saturated rings. The predicted octanol–water partition coefficient (Wildman–Crippen LogP) is 0.429. The highest BCUT2D eigenvalue weighted by molar-refractivity contribution is 5.08. The lowest BCUT2D eigenvalue weighted by molar-refractivity contribution is 0.0809. The van der Waals surface area contributed by atoms with Gasteiger partial charge in [0, 0.05) is 24.5 Å². The minimum Gasteiger partial charge on any atom is -0.325 e. The molecule has 1 saturated heterocycles. The van der Waals surface area contributed by atoms with E-state index in [9.17, 15) is 0 Å². The summed E-state index contributed by atoms with van der Waals surface area (Å²) in [7, 11) is 0. The molecule has 58 valence electrons. The Morgan fingerprint density at radius 2 is 2.10 bits per heavy atom. The van der Waals surface area contributed by atoms with Crippen molar-refractivity contribution in [1.82, 2.24) is 4.90 Å². The third-order valence-electron chi connectivity index (χ3n) is 3.04. The van der Waals surface area contributed by atoms with Crippen molar-refractivity contribution in [2.75, 3.05) is 19.6 Å². The molecule has 2 heteroatoms. The summed E-state index contributed by atoms with van der Waals surface area (Å²) >= 11 is 0. The van der Waals surface area contributed by atoms with Gasteiger partial charge in [0.05, 0.1) is 0 Å². The normalized spacial score (nSPS) is 31.8. The Balaban J connectivity index is 1.80. The summed E-state index contributed by atoms with van der Waals surface area (Å²) in [5.74, 6) is 0.826. The topological polar surface area (TPSA) is 29.3 Å². The monoisotopic (exact) mass is 140 g/mol. The fourth-order valence-electron chi connectivity index (χ4n) is 1.74. The van der Waals surface area contributed by atoms with Gasteiger partial charge in [0.1, 0.15) is 0 Å². The second-order valence-corrected chi connectivity index (χ2v) is 3.78. The molecule has 0 bridgehead atoms. The molecule has 0 aromatic rings. The predicted molar refractivity (Wildman–Crippen MR) is 41.8 cm³/mol. The van der Waals surface area contributed by atoms with Crippen molar-refractivity contribution < 1.29 is 0 Å². The molecule has 0 spiro atoms. The smallest absolute Gasteiger partial charge is 0.0208 e. The summed E-state index contributed by atoms with van der Waals surface area (Å²) in [6.45, 7) is 5.93. The van der Waals surface area contributed by atoms with Gasteiger partial charge in [-0.15, -0.1) is 0 Å². The van der Waals surface area contributed by atoms with Crippen LogP contribution in [0.1, 0.15) is 19.8 Å². The minimum atomic E-state index is 0.283. The molecule has 1 heterocycles. The van der Waals surface area contributed by atoms with Crippen molar-refractivity contribution in [3.8, 4) is 0 Å². The number of nitrogens with zero attached hydrogens (tertiary/aromatic N) is 1. The Hall–Kier alpha value is -0.0800. The van der Waals surface area contributed by atoms with Gasteiger partial charge in [-0.1, -0.05) is 6.92 Å². The van der Waals surface area contributed by atoms with Gasteiger partial charge in [-0.05, 0) is 19.4 Å². The Labute approximate surface area is 62.4 Å². The third kappa shape index (κ3) is 0.867. The molecule has 0 aromatic heterocycles. The van der Waals surface area contributed by atoms with Crippen molar-refractivity contribution in [3.05, 3.63) is 0 Å². The molecule has 0 radical (unpaired) electrons. The molecule has 10 heavy (non-hydrogen) atoms. The van der Waals surface area contributed by atoms with Crippen molar-refractivity contribution in [2.45, 2.75) is 25.3 Å². The van der Waals surface area contributed by atoms with Crippen molar-refractivity contribution in [1.29, 1.82) is 0 Å². The maximum absolute atomic E-state index is 6.04. The van der Waals surface area contributed by atoms with Gasteiger partial charge in [-0.25, -0.2) is 0 Å². The first-order valence-corrected chi connectivity index (χ1v) is 4.26. The number of nitrogens with two attached hydrogens (primary N) is 1. The lowest BCUT2D eigenvalue weighted by atomic mass is 9.90. The molecule has 1 aliphatic heterocycles. The van der Waals surface area contributed by atoms with E-state index < -0.39 is 0 Å². The van der Waals surface area contributed by atoms with Gasteiger partial charge >= 0.3 is 0 Å². The van der Waals surface area contributed by atoms with Crippen LogP contribution in [0.4, 0.5) is 0 Å². The molecule has 2 N–H and O–H groups in total. The summed E-state index contributed by atoms with van der Waals surface area (Å²) in [5.41, 5.74) is 6.33. The first-order valence-electron chi connectivity index (χ1n) is 4.26. The van der Waals surface area contributed by atoms with E-state index in [-0.39, 0.29) is 5.54 Å². The summed E-state index contributed by atoms with van der Waals surface area (Å²) in [4.78, 5) is 2.46. The molecule has 0 atom stereocenters. The van der Waals surface area contributed by atoms with Crippen LogP contribution in [0.25, 0.3) is 0 Å². The molecule has 1 aliphatic carbocycles. The number of rotatable bonds is 2. The van der Waals surface area contributed by atoms with E-state index in [1.54, 1.807) is 0 Å². The fourth-order valence-corrected chi connectivity index (χ4v) is 1.74. The van der Waals surface area contributed by atoms with Crippen LogP contribution in [0.2, 0.25) is 0 Å². The summed E-state index contributed by atoms with van der Waals surface area (Å²) in [6.07, 6.45) is 2.55. The Morgan fingerprint density at radius 3 is 2.50 bits per heavy atom. The lowest BCUT2D eigenvalue weighted by Crippen LogP contribution is -2.55. The maximum Gasteiger partial charge on any atom is 0.0208 e. The first kappa shape index (κ1) is 6.62. The van der Waals surface area contributed by atoms with E-state index in [0.717, 1.165) is 5.92 Å². The zero-order chi connectivity index (χ0) is 7.19. The molecule has 2 nitrogen and oxygen atoms in total. The average molecular weight is 140 g/mol. The first-order chi connectivity index (χ1) is 4.74. The lowest BCUT2D eigenvalue weighted by Gasteiger charge is -2.42. The summed E-state index contributed by atoms with van der Waals surface area (Å²) in [5, 5.41) is 0. The Morgan fingerprint density at radius 1 is 1.50 bits per heavy atom. The van der Waals surface area contributed by atoms with E-state index in [1.165, 1.54) is 32.5 Å². The standard InChI is InChI=1S/C8H16N2/c1-2-10-5-7(6-10)8(9)3-4-8/h7H,2-6,9H2,1H3. The summed E-state index contributed by atoms with van der Waals surface area (Å²) in [6, 6.07) is 0. The van der Waals surface area contributed by atoms with Crippen LogP contribution in [0, 0.1) is 5.92 Å². The SMILES string of the molecule is CCN1CC(C2(N)CC2)C1. The fraction of sp³-hybridized carbons (Fsp3) is 1.00. The van der Waals surface area contributed by atoms with Crippen molar-refractivity contribution in [3.63, 3.8) is 0 Å². The van der Waals surface area contributed by atoms with Gasteiger partial charge in [-0.3, -0.25) is 0 Å². The van der Waals surface area contributed by atoms with Crippen LogP contribution in [0.15, 0.2) is 0 Å². The zero-order valence-corrected chi connectivity index (χ0v) is 6.64. The van der Waals surface area contributed by atoms with E-state index in [4.69, 9.17) is 5.73 Å². The van der Waals surface area contributed by atoms with Crippen LogP contribution in [0.3, 0.4) is 0 Å². The molecule has 0 aromatic carbocycles. The van der Waals surface area contributed by atoms with Gasteiger partial charge in [-0.2, -0.15) is 0 Å². The molecule has 2 rings (SSSR count). The Kier molecular flexibility index (Phi) is 1.29. The highest BCUT2D eigenvalue weighted by Crippen LogP contribution is 2.43. The minimum absolute atomic E-state index is 0.283. The van der Waals surface area contributed by atoms with Crippen molar-refractivity contribution in [2.24, 2.45) is 11.7 Å². The van der Waals surface area contributed by atoms with Crippen LogP contribution in [-0.2, 0) is 0 Å². The molecule has 0 unspecified atom stereocenters. The van der Waals surface area contributed by atoms with Gasteiger partial charge in [0.2, 0.25) is 0 Å².